The van der Waals surface area contributed by atoms with Crippen LogP contribution in [-0.4, -0.2) is 61.1 Å². The SMILES string of the molecule is CCc1ccc(NC(N)=NCC(C)N2CCN(CC)CC2)cc1.I. The number of benzene rings is 1. The molecule has 1 atom stereocenters. The molecule has 3 N–H and O–H groups in total. The number of nitrogens with two attached hydrogens (primary N) is 1. The number of aryl methyl sites for hydroxylation is 1. The van der Waals surface area contributed by atoms with Gasteiger partial charge in [0.05, 0.1) is 6.54 Å². The van der Waals surface area contributed by atoms with Gasteiger partial charge in [-0.1, -0.05) is 26.0 Å². The second-order valence-electron chi connectivity index (χ2n) is 6.22. The van der Waals surface area contributed by atoms with Crippen molar-refractivity contribution in [3.05, 3.63) is 29.8 Å². The number of hydrogen-bond acceptors (Lipinski definition) is 3. The summed E-state index contributed by atoms with van der Waals surface area (Å²) in [4.78, 5) is 9.49. The van der Waals surface area contributed by atoms with Crippen molar-refractivity contribution in [2.75, 3.05) is 44.6 Å². The van der Waals surface area contributed by atoms with Crippen LogP contribution in [0.4, 0.5) is 5.69 Å². The first-order valence-corrected chi connectivity index (χ1v) is 8.74. The fraction of sp³-hybridized carbons (Fsp3) is 0.611. The van der Waals surface area contributed by atoms with Gasteiger partial charge < -0.3 is 16.0 Å². The third-order valence-electron chi connectivity index (χ3n) is 4.64. The molecular formula is C18H32IN5. The first-order valence-electron chi connectivity index (χ1n) is 8.74. The van der Waals surface area contributed by atoms with Gasteiger partial charge in [-0.2, -0.15) is 0 Å². The van der Waals surface area contributed by atoms with Gasteiger partial charge in [0.15, 0.2) is 5.96 Å². The Kier molecular flexibility index (Phi) is 9.61. The Morgan fingerprint density at radius 2 is 1.79 bits per heavy atom. The van der Waals surface area contributed by atoms with Crippen LogP contribution in [-0.2, 0) is 6.42 Å². The summed E-state index contributed by atoms with van der Waals surface area (Å²) < 4.78 is 0. The molecule has 0 spiro atoms. The highest BCUT2D eigenvalue weighted by Gasteiger charge is 2.19. The van der Waals surface area contributed by atoms with Crippen LogP contribution in [0.25, 0.3) is 0 Å². The molecule has 1 aromatic rings. The molecule has 1 saturated heterocycles. The van der Waals surface area contributed by atoms with Crippen molar-refractivity contribution in [3.8, 4) is 0 Å². The molecule has 1 fully saturated rings. The van der Waals surface area contributed by atoms with Gasteiger partial charge in [0, 0.05) is 37.9 Å². The van der Waals surface area contributed by atoms with Crippen LogP contribution in [0.1, 0.15) is 26.3 Å². The van der Waals surface area contributed by atoms with Gasteiger partial charge in [-0.05, 0) is 37.6 Å². The highest BCUT2D eigenvalue weighted by molar-refractivity contribution is 14.0. The van der Waals surface area contributed by atoms with Crippen molar-refractivity contribution in [1.29, 1.82) is 0 Å². The fourth-order valence-corrected chi connectivity index (χ4v) is 2.88. The molecule has 1 heterocycles. The molecular weight excluding hydrogens is 413 g/mol. The number of nitrogens with one attached hydrogen (secondary N) is 1. The minimum absolute atomic E-state index is 0. The lowest BCUT2D eigenvalue weighted by atomic mass is 10.1. The molecule has 1 aliphatic heterocycles. The van der Waals surface area contributed by atoms with E-state index in [4.69, 9.17) is 5.73 Å². The highest BCUT2D eigenvalue weighted by atomic mass is 127. The zero-order valence-electron chi connectivity index (χ0n) is 15.2. The molecule has 1 aliphatic rings. The molecule has 24 heavy (non-hydrogen) atoms. The van der Waals surface area contributed by atoms with Crippen LogP contribution in [0.15, 0.2) is 29.3 Å². The zero-order valence-corrected chi connectivity index (χ0v) is 17.5. The number of halogens is 1. The van der Waals surface area contributed by atoms with E-state index >= 15 is 0 Å². The van der Waals surface area contributed by atoms with Gasteiger partial charge in [0.1, 0.15) is 0 Å². The average Bonchev–Trinajstić information content (AvgIpc) is 2.60. The Morgan fingerprint density at radius 1 is 1.17 bits per heavy atom. The summed E-state index contributed by atoms with van der Waals surface area (Å²) in [6.45, 7) is 13.0. The smallest absolute Gasteiger partial charge is 0.193 e. The summed E-state index contributed by atoms with van der Waals surface area (Å²) in [5, 5.41) is 3.17. The highest BCUT2D eigenvalue weighted by Crippen LogP contribution is 2.10. The molecule has 0 saturated carbocycles. The maximum atomic E-state index is 6.01. The van der Waals surface area contributed by atoms with Gasteiger partial charge in [-0.3, -0.25) is 9.89 Å². The molecule has 1 aromatic carbocycles. The first-order chi connectivity index (χ1) is 11.1. The number of nitrogens with zero attached hydrogens (tertiary/aromatic N) is 3. The number of rotatable bonds is 6. The van der Waals surface area contributed by atoms with Crippen LogP contribution in [0.2, 0.25) is 0 Å². The summed E-state index contributed by atoms with van der Waals surface area (Å²) >= 11 is 0. The lowest BCUT2D eigenvalue weighted by Crippen LogP contribution is -2.50. The summed E-state index contributed by atoms with van der Waals surface area (Å²) in [5.74, 6) is 0.494. The van der Waals surface area contributed by atoms with E-state index in [1.807, 2.05) is 0 Å². The maximum Gasteiger partial charge on any atom is 0.193 e. The standard InChI is InChI=1S/C18H31N5.HI/c1-4-16-6-8-17(9-7-16)21-18(19)20-14-15(3)23-12-10-22(5-2)11-13-23;/h6-9,15H,4-5,10-14H2,1-3H3,(H3,19,20,21);1H. The number of anilines is 1. The Balaban J connectivity index is 0.00000288. The molecule has 0 bridgehead atoms. The van der Waals surface area contributed by atoms with Crippen LogP contribution < -0.4 is 11.1 Å². The van der Waals surface area contributed by atoms with Crippen molar-refractivity contribution in [2.24, 2.45) is 10.7 Å². The summed E-state index contributed by atoms with van der Waals surface area (Å²) in [5.41, 5.74) is 8.33. The van der Waals surface area contributed by atoms with Gasteiger partial charge in [0.25, 0.3) is 0 Å². The molecule has 6 heteroatoms. The lowest BCUT2D eigenvalue weighted by Gasteiger charge is -2.37. The molecule has 0 aliphatic carbocycles. The van der Waals surface area contributed by atoms with Crippen molar-refractivity contribution >= 4 is 35.6 Å². The van der Waals surface area contributed by atoms with Crippen LogP contribution >= 0.6 is 24.0 Å². The fourth-order valence-electron chi connectivity index (χ4n) is 2.88. The summed E-state index contributed by atoms with van der Waals surface area (Å²) in [7, 11) is 0. The van der Waals surface area contributed by atoms with Crippen molar-refractivity contribution in [1.82, 2.24) is 9.80 Å². The molecule has 0 radical (unpaired) electrons. The second kappa shape index (κ2) is 10.9. The topological polar surface area (TPSA) is 56.9 Å². The average molecular weight is 445 g/mol. The number of aliphatic imine (C=N–C) groups is 1. The van der Waals surface area contributed by atoms with E-state index in [1.54, 1.807) is 0 Å². The molecule has 5 nitrogen and oxygen atoms in total. The predicted molar refractivity (Wildman–Crippen MR) is 114 cm³/mol. The van der Waals surface area contributed by atoms with E-state index < -0.39 is 0 Å². The Morgan fingerprint density at radius 3 is 2.33 bits per heavy atom. The minimum Gasteiger partial charge on any atom is -0.370 e. The predicted octanol–water partition coefficient (Wildman–Crippen LogP) is 2.62. The molecule has 136 valence electrons. The third kappa shape index (κ3) is 6.57. The number of likely N-dealkylation sites (N-methyl/N-ethyl adjacent to an activating group) is 1. The summed E-state index contributed by atoms with van der Waals surface area (Å²) in [6.07, 6.45) is 1.05. The zero-order chi connectivity index (χ0) is 16.7. The van der Waals surface area contributed by atoms with E-state index in [-0.39, 0.29) is 24.0 Å². The number of hydrogen-bond donors (Lipinski definition) is 2. The normalized spacial score (nSPS) is 18.0. The van der Waals surface area contributed by atoms with Crippen LogP contribution in [0.3, 0.4) is 0 Å². The Bertz CT molecular complexity index is 495. The van der Waals surface area contributed by atoms with Crippen molar-refractivity contribution in [3.63, 3.8) is 0 Å². The lowest BCUT2D eigenvalue weighted by molar-refractivity contribution is 0.109. The maximum absolute atomic E-state index is 6.01. The first kappa shape index (κ1) is 21.2. The van der Waals surface area contributed by atoms with Crippen molar-refractivity contribution in [2.45, 2.75) is 33.2 Å². The molecule has 0 amide bonds. The van der Waals surface area contributed by atoms with Crippen LogP contribution in [0.5, 0.6) is 0 Å². The molecule has 2 rings (SSSR count). The molecule has 0 aromatic heterocycles. The summed E-state index contributed by atoms with van der Waals surface area (Å²) in [6, 6.07) is 8.76. The minimum atomic E-state index is 0. The monoisotopic (exact) mass is 445 g/mol. The third-order valence-corrected chi connectivity index (χ3v) is 4.64. The quantitative estimate of drug-likeness (QED) is 0.402. The van der Waals surface area contributed by atoms with Gasteiger partial charge in [-0.15, -0.1) is 24.0 Å². The van der Waals surface area contributed by atoms with E-state index in [0.717, 1.165) is 51.4 Å². The number of guanidine groups is 1. The Hall–Kier alpha value is -0.860. The largest absolute Gasteiger partial charge is 0.370 e. The van der Waals surface area contributed by atoms with Gasteiger partial charge in [-0.25, -0.2) is 0 Å². The van der Waals surface area contributed by atoms with Crippen molar-refractivity contribution < 1.29 is 0 Å². The second-order valence-corrected chi connectivity index (χ2v) is 6.22. The van der Waals surface area contributed by atoms with Gasteiger partial charge in [0.2, 0.25) is 0 Å². The molecule has 1 unspecified atom stereocenters. The van der Waals surface area contributed by atoms with E-state index in [0.29, 0.717) is 12.0 Å². The number of piperazine rings is 1. The van der Waals surface area contributed by atoms with Gasteiger partial charge >= 0.3 is 0 Å². The Labute approximate surface area is 163 Å². The van der Waals surface area contributed by atoms with E-state index in [9.17, 15) is 0 Å². The van der Waals surface area contributed by atoms with E-state index in [1.165, 1.54) is 5.56 Å². The van der Waals surface area contributed by atoms with E-state index in [2.05, 4.69) is 65.1 Å². The van der Waals surface area contributed by atoms with Crippen LogP contribution in [0, 0.1) is 0 Å².